The number of nitrogen functional groups attached to an aromatic ring is 1. The zero-order valence-corrected chi connectivity index (χ0v) is 12.1. The maximum absolute atomic E-state index is 6.20. The van der Waals surface area contributed by atoms with Crippen LogP contribution in [0.5, 0.6) is 11.5 Å². The third kappa shape index (κ3) is 1.89. The van der Waals surface area contributed by atoms with E-state index in [2.05, 4.69) is 4.98 Å². The fourth-order valence-electron chi connectivity index (χ4n) is 2.35. The van der Waals surface area contributed by atoms with Crippen LogP contribution in [-0.2, 0) is 0 Å². The van der Waals surface area contributed by atoms with Crippen molar-refractivity contribution in [3.8, 4) is 22.8 Å². The van der Waals surface area contributed by atoms with Crippen LogP contribution in [0.3, 0.4) is 0 Å². The highest BCUT2D eigenvalue weighted by Crippen LogP contribution is 2.43. The molecule has 21 heavy (non-hydrogen) atoms. The topological polar surface area (TPSA) is 61.8 Å². The number of halogens is 2. The van der Waals surface area contributed by atoms with Gasteiger partial charge in [0, 0.05) is 11.8 Å². The predicted molar refractivity (Wildman–Crippen MR) is 81.2 cm³/mol. The summed E-state index contributed by atoms with van der Waals surface area (Å²) in [5, 5.41) is 1.05. The summed E-state index contributed by atoms with van der Waals surface area (Å²) < 4.78 is 12.4. The van der Waals surface area contributed by atoms with Crippen LogP contribution in [0.2, 0.25) is 10.0 Å². The summed E-state index contributed by atoms with van der Waals surface area (Å²) in [5.74, 6) is 1.63. The second-order valence-electron chi connectivity index (χ2n) is 4.61. The van der Waals surface area contributed by atoms with Gasteiger partial charge in [-0.05, 0) is 24.3 Å². The van der Waals surface area contributed by atoms with Gasteiger partial charge in [-0.2, -0.15) is 0 Å². The lowest BCUT2D eigenvalue weighted by molar-refractivity contribution is 0.174. The van der Waals surface area contributed by atoms with E-state index < -0.39 is 0 Å². The number of fused-ring (bicyclic) bond motifs is 2. The number of hydrogen-bond acceptors (Lipinski definition) is 4. The molecule has 1 aliphatic rings. The van der Waals surface area contributed by atoms with Crippen LogP contribution >= 0.6 is 23.2 Å². The molecule has 106 valence electrons. The molecule has 1 aromatic carbocycles. The van der Waals surface area contributed by atoms with Crippen LogP contribution < -0.4 is 15.2 Å². The molecule has 0 unspecified atom stereocenters. The molecule has 3 heterocycles. The van der Waals surface area contributed by atoms with Crippen LogP contribution in [0.15, 0.2) is 30.5 Å². The fraction of sp³-hybridized carbons (Fsp3) is 0.0714. The summed E-state index contributed by atoms with van der Waals surface area (Å²) in [7, 11) is 0. The number of nitrogens with zero attached hydrogens (tertiary/aromatic N) is 2. The van der Waals surface area contributed by atoms with E-state index >= 15 is 0 Å². The normalized spacial score (nSPS) is 13.0. The molecule has 2 aromatic heterocycles. The molecule has 0 bridgehead atoms. The average molecular weight is 322 g/mol. The third-order valence-electron chi connectivity index (χ3n) is 3.32. The lowest BCUT2D eigenvalue weighted by Crippen LogP contribution is -1.94. The molecule has 0 amide bonds. The Morgan fingerprint density at radius 1 is 1.19 bits per heavy atom. The van der Waals surface area contributed by atoms with Crippen molar-refractivity contribution in [2.45, 2.75) is 0 Å². The van der Waals surface area contributed by atoms with Crippen molar-refractivity contribution < 1.29 is 9.47 Å². The number of ether oxygens (including phenoxy) is 2. The van der Waals surface area contributed by atoms with E-state index in [1.54, 1.807) is 28.8 Å². The number of anilines is 1. The van der Waals surface area contributed by atoms with Crippen molar-refractivity contribution in [3.63, 3.8) is 0 Å². The molecule has 0 fully saturated rings. The van der Waals surface area contributed by atoms with Gasteiger partial charge in [0.1, 0.15) is 17.2 Å². The first kappa shape index (κ1) is 12.6. The summed E-state index contributed by atoms with van der Waals surface area (Å²) in [6.07, 6.45) is 1.72. The summed E-state index contributed by atoms with van der Waals surface area (Å²) >= 11 is 12.2. The van der Waals surface area contributed by atoms with Gasteiger partial charge >= 0.3 is 0 Å². The zero-order valence-electron chi connectivity index (χ0n) is 10.6. The molecule has 0 saturated heterocycles. The Morgan fingerprint density at radius 3 is 2.90 bits per heavy atom. The number of pyridine rings is 1. The summed E-state index contributed by atoms with van der Waals surface area (Å²) in [4.78, 5) is 4.51. The second-order valence-corrected chi connectivity index (χ2v) is 5.46. The minimum Gasteiger partial charge on any atom is -0.454 e. The van der Waals surface area contributed by atoms with Gasteiger partial charge in [-0.1, -0.05) is 23.2 Å². The Labute approximate surface area is 129 Å². The van der Waals surface area contributed by atoms with Crippen LogP contribution in [-0.4, -0.2) is 16.2 Å². The van der Waals surface area contributed by atoms with Crippen LogP contribution in [0.25, 0.3) is 16.9 Å². The van der Waals surface area contributed by atoms with Gasteiger partial charge in [-0.3, -0.25) is 4.40 Å². The van der Waals surface area contributed by atoms with Gasteiger partial charge in [0.2, 0.25) is 6.79 Å². The molecule has 3 aromatic rings. The Balaban J connectivity index is 1.95. The Hall–Kier alpha value is -2.11. The largest absolute Gasteiger partial charge is 0.454 e. The third-order valence-corrected chi connectivity index (χ3v) is 3.82. The number of hydrogen-bond donors (Lipinski definition) is 1. The van der Waals surface area contributed by atoms with Crippen molar-refractivity contribution in [1.29, 1.82) is 0 Å². The second kappa shape index (κ2) is 4.44. The molecular weight excluding hydrogens is 313 g/mol. The Morgan fingerprint density at radius 2 is 2.05 bits per heavy atom. The molecule has 0 spiro atoms. The van der Waals surface area contributed by atoms with Crippen LogP contribution in [0.1, 0.15) is 0 Å². The molecular formula is C14H9Cl2N3O2. The summed E-state index contributed by atoms with van der Waals surface area (Å²) in [6.45, 7) is 0.161. The van der Waals surface area contributed by atoms with Gasteiger partial charge in [0.15, 0.2) is 11.5 Å². The fourth-order valence-corrected chi connectivity index (χ4v) is 2.78. The highest BCUT2D eigenvalue weighted by atomic mass is 35.5. The lowest BCUT2D eigenvalue weighted by Gasteiger charge is -2.04. The number of rotatable bonds is 1. The van der Waals surface area contributed by atoms with Crippen molar-refractivity contribution >= 4 is 34.7 Å². The first-order valence-electron chi connectivity index (χ1n) is 6.16. The molecule has 0 radical (unpaired) electrons. The van der Waals surface area contributed by atoms with Crippen molar-refractivity contribution in [2.75, 3.05) is 12.5 Å². The lowest BCUT2D eigenvalue weighted by atomic mass is 10.1. The van der Waals surface area contributed by atoms with E-state index in [1.807, 2.05) is 6.07 Å². The Bertz CT molecular complexity index is 876. The molecule has 4 rings (SSSR count). The monoisotopic (exact) mass is 321 g/mol. The quantitative estimate of drug-likeness (QED) is 0.743. The molecule has 1 aliphatic heterocycles. The minimum absolute atomic E-state index is 0.161. The van der Waals surface area contributed by atoms with E-state index in [-0.39, 0.29) is 6.79 Å². The first-order valence-corrected chi connectivity index (χ1v) is 6.91. The van der Waals surface area contributed by atoms with Gasteiger partial charge < -0.3 is 15.2 Å². The number of nitrogens with two attached hydrogens (primary N) is 1. The minimum atomic E-state index is 0.161. The molecule has 0 aliphatic carbocycles. The molecule has 5 nitrogen and oxygen atoms in total. The van der Waals surface area contributed by atoms with Gasteiger partial charge in [0.05, 0.1) is 10.0 Å². The molecule has 2 N–H and O–H groups in total. The Kier molecular flexibility index (Phi) is 2.67. The number of imidazole rings is 1. The van der Waals surface area contributed by atoms with Crippen molar-refractivity contribution in [3.05, 3.63) is 40.5 Å². The van der Waals surface area contributed by atoms with E-state index in [0.29, 0.717) is 38.7 Å². The summed E-state index contributed by atoms with van der Waals surface area (Å²) in [6, 6.07) is 7.14. The number of benzene rings is 1. The molecule has 7 heteroatoms. The molecule has 0 atom stereocenters. The SMILES string of the molecule is Nc1c(-c2cc(Cl)c3c(c2)OCO3)nc2ccc(Cl)cn12. The van der Waals surface area contributed by atoms with E-state index in [0.717, 1.165) is 5.56 Å². The first-order chi connectivity index (χ1) is 10.1. The average Bonchev–Trinajstić information content (AvgIpc) is 3.05. The zero-order chi connectivity index (χ0) is 14.6. The van der Waals surface area contributed by atoms with E-state index in [9.17, 15) is 0 Å². The van der Waals surface area contributed by atoms with Gasteiger partial charge in [-0.15, -0.1) is 0 Å². The standard InChI is InChI=1S/C14H9Cl2N3O2/c15-8-1-2-11-18-12(14(17)19(11)5-8)7-3-9(16)13-10(4-7)20-6-21-13/h1-5H,6,17H2. The van der Waals surface area contributed by atoms with Crippen molar-refractivity contribution in [1.82, 2.24) is 9.38 Å². The highest BCUT2D eigenvalue weighted by Gasteiger charge is 2.21. The van der Waals surface area contributed by atoms with Crippen LogP contribution in [0, 0.1) is 0 Å². The van der Waals surface area contributed by atoms with Gasteiger partial charge in [0.25, 0.3) is 0 Å². The highest BCUT2D eigenvalue weighted by molar-refractivity contribution is 6.32. The van der Waals surface area contributed by atoms with E-state index in [4.69, 9.17) is 38.4 Å². The van der Waals surface area contributed by atoms with Crippen LogP contribution in [0.4, 0.5) is 5.82 Å². The maximum atomic E-state index is 6.20. The number of aromatic nitrogens is 2. The summed E-state index contributed by atoms with van der Waals surface area (Å²) in [5.41, 5.74) is 8.26. The maximum Gasteiger partial charge on any atom is 0.231 e. The smallest absolute Gasteiger partial charge is 0.231 e. The van der Waals surface area contributed by atoms with E-state index in [1.165, 1.54) is 0 Å². The van der Waals surface area contributed by atoms with Crippen molar-refractivity contribution in [2.24, 2.45) is 0 Å². The van der Waals surface area contributed by atoms with Gasteiger partial charge in [-0.25, -0.2) is 4.98 Å². The molecule has 0 saturated carbocycles. The predicted octanol–water partition coefficient (Wildman–Crippen LogP) is 3.62.